The fraction of sp³-hybridized carbons (Fsp3) is 0.167. The highest BCUT2D eigenvalue weighted by atomic mass is 35.5. The molecule has 5 nitrogen and oxygen atoms in total. The van der Waals surface area contributed by atoms with Crippen molar-refractivity contribution >= 4 is 28.9 Å². The van der Waals surface area contributed by atoms with Crippen molar-refractivity contribution in [3.05, 3.63) is 35.6 Å². The maximum atomic E-state index is 5.95. The standard InChI is InChI=1S/C12H13ClN4O/c1-14-11-6-15-7-12(17-11)16-9-5-8(13)3-4-10(9)18-2/h3-7H,1-2H3,(H2,14,16,17). The summed E-state index contributed by atoms with van der Waals surface area (Å²) in [7, 11) is 3.39. The van der Waals surface area contributed by atoms with Crippen molar-refractivity contribution in [1.29, 1.82) is 0 Å². The number of methoxy groups -OCH3 is 1. The topological polar surface area (TPSA) is 59.1 Å². The quantitative estimate of drug-likeness (QED) is 0.889. The number of nitrogens with zero attached hydrogens (tertiary/aromatic N) is 2. The second-order valence-corrected chi connectivity index (χ2v) is 3.95. The highest BCUT2D eigenvalue weighted by Crippen LogP contribution is 2.29. The maximum Gasteiger partial charge on any atom is 0.151 e. The molecule has 0 aliphatic carbocycles. The third kappa shape index (κ3) is 2.81. The van der Waals surface area contributed by atoms with Gasteiger partial charge in [-0.3, -0.25) is 4.98 Å². The minimum atomic E-state index is 0.613. The Bertz CT molecular complexity index is 547. The third-order valence-electron chi connectivity index (χ3n) is 2.31. The molecule has 0 bridgehead atoms. The zero-order chi connectivity index (χ0) is 13.0. The Kier molecular flexibility index (Phi) is 3.84. The molecule has 2 aromatic rings. The highest BCUT2D eigenvalue weighted by Gasteiger charge is 2.05. The van der Waals surface area contributed by atoms with Gasteiger partial charge in [0.05, 0.1) is 25.2 Å². The van der Waals surface area contributed by atoms with Gasteiger partial charge in [0.15, 0.2) is 5.82 Å². The number of benzene rings is 1. The van der Waals surface area contributed by atoms with E-state index in [-0.39, 0.29) is 0 Å². The molecule has 18 heavy (non-hydrogen) atoms. The van der Waals surface area contributed by atoms with E-state index in [1.165, 1.54) is 0 Å². The Morgan fingerprint density at radius 1 is 1.22 bits per heavy atom. The van der Waals surface area contributed by atoms with Gasteiger partial charge in [-0.2, -0.15) is 0 Å². The lowest BCUT2D eigenvalue weighted by Gasteiger charge is -2.11. The summed E-state index contributed by atoms with van der Waals surface area (Å²) < 4.78 is 5.24. The molecule has 1 aromatic carbocycles. The molecule has 0 aliphatic rings. The third-order valence-corrected chi connectivity index (χ3v) is 2.55. The Morgan fingerprint density at radius 2 is 2.00 bits per heavy atom. The average molecular weight is 265 g/mol. The summed E-state index contributed by atoms with van der Waals surface area (Å²) >= 11 is 5.95. The summed E-state index contributed by atoms with van der Waals surface area (Å²) in [6, 6.07) is 5.33. The molecule has 1 heterocycles. The second-order valence-electron chi connectivity index (χ2n) is 3.51. The molecule has 0 spiro atoms. The van der Waals surface area contributed by atoms with Crippen LogP contribution in [0.2, 0.25) is 5.02 Å². The lowest BCUT2D eigenvalue weighted by molar-refractivity contribution is 0.417. The molecular weight excluding hydrogens is 252 g/mol. The number of anilines is 3. The Balaban J connectivity index is 2.29. The van der Waals surface area contributed by atoms with Crippen molar-refractivity contribution in [3.8, 4) is 5.75 Å². The van der Waals surface area contributed by atoms with E-state index >= 15 is 0 Å². The Labute approximate surface area is 110 Å². The van der Waals surface area contributed by atoms with Crippen LogP contribution in [0.1, 0.15) is 0 Å². The van der Waals surface area contributed by atoms with E-state index in [1.54, 1.807) is 44.8 Å². The van der Waals surface area contributed by atoms with Crippen LogP contribution in [0.3, 0.4) is 0 Å². The van der Waals surface area contributed by atoms with Gasteiger partial charge < -0.3 is 15.4 Å². The number of ether oxygens (including phenoxy) is 1. The van der Waals surface area contributed by atoms with E-state index < -0.39 is 0 Å². The van der Waals surface area contributed by atoms with Gasteiger partial charge in [-0.05, 0) is 18.2 Å². The van der Waals surface area contributed by atoms with E-state index in [0.717, 1.165) is 5.69 Å². The van der Waals surface area contributed by atoms with Crippen molar-refractivity contribution in [2.45, 2.75) is 0 Å². The van der Waals surface area contributed by atoms with E-state index in [0.29, 0.717) is 22.4 Å². The van der Waals surface area contributed by atoms with Crippen LogP contribution < -0.4 is 15.4 Å². The van der Waals surface area contributed by atoms with Gasteiger partial charge in [0.2, 0.25) is 0 Å². The van der Waals surface area contributed by atoms with Crippen molar-refractivity contribution in [1.82, 2.24) is 9.97 Å². The van der Waals surface area contributed by atoms with E-state index in [9.17, 15) is 0 Å². The smallest absolute Gasteiger partial charge is 0.151 e. The van der Waals surface area contributed by atoms with Gasteiger partial charge in [-0.1, -0.05) is 11.6 Å². The summed E-state index contributed by atoms with van der Waals surface area (Å²) in [6.45, 7) is 0. The van der Waals surface area contributed by atoms with Gasteiger partial charge in [-0.15, -0.1) is 0 Å². The predicted octanol–water partition coefficient (Wildman–Crippen LogP) is 2.92. The van der Waals surface area contributed by atoms with Crippen LogP contribution in [0.15, 0.2) is 30.6 Å². The lowest BCUT2D eigenvalue weighted by Crippen LogP contribution is -2.00. The SMILES string of the molecule is CNc1cncc(Nc2cc(Cl)ccc2OC)n1. The molecule has 6 heteroatoms. The molecule has 2 rings (SSSR count). The van der Waals surface area contributed by atoms with Crippen LogP contribution in [-0.4, -0.2) is 24.1 Å². The van der Waals surface area contributed by atoms with Crippen LogP contribution in [0.4, 0.5) is 17.3 Å². The number of halogens is 1. The van der Waals surface area contributed by atoms with Crippen LogP contribution in [-0.2, 0) is 0 Å². The molecule has 0 saturated carbocycles. The van der Waals surface area contributed by atoms with Gasteiger partial charge in [0.25, 0.3) is 0 Å². The minimum absolute atomic E-state index is 0.613. The van der Waals surface area contributed by atoms with Crippen LogP contribution in [0, 0.1) is 0 Å². The molecule has 94 valence electrons. The average Bonchev–Trinajstić information content (AvgIpc) is 2.39. The first kappa shape index (κ1) is 12.4. The molecular formula is C12H13ClN4O. The molecule has 0 unspecified atom stereocenters. The predicted molar refractivity (Wildman–Crippen MR) is 72.9 cm³/mol. The summed E-state index contributed by atoms with van der Waals surface area (Å²) in [5.74, 6) is 1.99. The lowest BCUT2D eigenvalue weighted by atomic mass is 10.3. The Hall–Kier alpha value is -2.01. The second kappa shape index (κ2) is 5.55. The van der Waals surface area contributed by atoms with E-state index in [1.807, 2.05) is 0 Å². The molecule has 0 radical (unpaired) electrons. The van der Waals surface area contributed by atoms with Gasteiger partial charge >= 0.3 is 0 Å². The molecule has 0 aliphatic heterocycles. The number of nitrogens with one attached hydrogen (secondary N) is 2. The first-order chi connectivity index (χ1) is 8.72. The molecule has 0 fully saturated rings. The monoisotopic (exact) mass is 264 g/mol. The zero-order valence-electron chi connectivity index (χ0n) is 10.1. The van der Waals surface area contributed by atoms with Crippen LogP contribution in [0.25, 0.3) is 0 Å². The summed E-state index contributed by atoms with van der Waals surface area (Å²) in [6.07, 6.45) is 3.27. The largest absolute Gasteiger partial charge is 0.495 e. The normalized spacial score (nSPS) is 9.94. The van der Waals surface area contributed by atoms with Crippen molar-refractivity contribution in [2.24, 2.45) is 0 Å². The maximum absolute atomic E-state index is 5.95. The number of hydrogen-bond donors (Lipinski definition) is 2. The molecule has 0 atom stereocenters. The minimum Gasteiger partial charge on any atom is -0.495 e. The summed E-state index contributed by atoms with van der Waals surface area (Å²) in [4.78, 5) is 8.38. The van der Waals surface area contributed by atoms with Crippen molar-refractivity contribution < 1.29 is 4.74 Å². The Morgan fingerprint density at radius 3 is 2.72 bits per heavy atom. The summed E-state index contributed by atoms with van der Waals surface area (Å²) in [5.41, 5.74) is 0.743. The summed E-state index contributed by atoms with van der Waals surface area (Å²) in [5, 5.41) is 6.66. The van der Waals surface area contributed by atoms with Gasteiger partial charge in [-0.25, -0.2) is 4.98 Å². The number of rotatable bonds is 4. The fourth-order valence-electron chi connectivity index (χ4n) is 1.46. The molecule has 1 aromatic heterocycles. The molecule has 2 N–H and O–H groups in total. The first-order valence-corrected chi connectivity index (χ1v) is 5.71. The highest BCUT2D eigenvalue weighted by molar-refractivity contribution is 6.31. The first-order valence-electron chi connectivity index (χ1n) is 5.33. The van der Waals surface area contributed by atoms with E-state index in [2.05, 4.69) is 20.6 Å². The number of aromatic nitrogens is 2. The van der Waals surface area contributed by atoms with Crippen LogP contribution >= 0.6 is 11.6 Å². The fourth-order valence-corrected chi connectivity index (χ4v) is 1.63. The number of hydrogen-bond acceptors (Lipinski definition) is 5. The van der Waals surface area contributed by atoms with Gasteiger partial charge in [0, 0.05) is 12.1 Å². The van der Waals surface area contributed by atoms with Crippen molar-refractivity contribution in [2.75, 3.05) is 24.8 Å². The van der Waals surface area contributed by atoms with Crippen LogP contribution in [0.5, 0.6) is 5.75 Å². The molecule has 0 amide bonds. The van der Waals surface area contributed by atoms with Crippen molar-refractivity contribution in [3.63, 3.8) is 0 Å². The van der Waals surface area contributed by atoms with E-state index in [4.69, 9.17) is 16.3 Å². The zero-order valence-corrected chi connectivity index (χ0v) is 10.8. The molecule has 0 saturated heterocycles. The van der Waals surface area contributed by atoms with Gasteiger partial charge in [0.1, 0.15) is 11.6 Å².